The predicted molar refractivity (Wildman–Crippen MR) is 263 cm³/mol. The van der Waals surface area contributed by atoms with Crippen molar-refractivity contribution in [1.82, 2.24) is 19.9 Å². The second-order valence-corrected chi connectivity index (χ2v) is 19.8. The van der Waals surface area contributed by atoms with E-state index >= 15 is 0 Å². The number of allylic oxidation sites excluding steroid dienone is 4. The smallest absolute Gasteiger partial charge is 0.184 e. The Balaban J connectivity index is 1.43. The molecule has 8 heteroatoms. The van der Waals surface area contributed by atoms with Crippen molar-refractivity contribution in [3.05, 3.63) is 117 Å². The summed E-state index contributed by atoms with van der Waals surface area (Å²) in [5.41, 5.74) is 24.0. The van der Waals surface area contributed by atoms with E-state index in [-0.39, 0.29) is 10.8 Å². The fourth-order valence-electron chi connectivity index (χ4n) is 10.4. The van der Waals surface area contributed by atoms with Gasteiger partial charge < -0.3 is 28.9 Å². The van der Waals surface area contributed by atoms with Crippen LogP contribution in [0.3, 0.4) is 0 Å². The number of ether oxygens (including phenoxy) is 4. The van der Waals surface area contributed by atoms with E-state index in [4.69, 9.17) is 28.9 Å². The molecule has 4 aliphatic heterocycles. The molecule has 0 aliphatic carbocycles. The number of nitrogens with one attached hydrogen (secondary N) is 2. The maximum absolute atomic E-state index is 6.52. The molecule has 7 heterocycles. The van der Waals surface area contributed by atoms with Crippen molar-refractivity contribution in [1.29, 1.82) is 0 Å². The van der Waals surface area contributed by atoms with Crippen LogP contribution >= 0.6 is 0 Å². The molecule has 5 aromatic rings. The maximum atomic E-state index is 6.52. The van der Waals surface area contributed by atoms with E-state index in [0.717, 1.165) is 115 Å². The number of aromatic amines is 2. The van der Waals surface area contributed by atoms with Gasteiger partial charge in [-0.1, -0.05) is 104 Å². The third kappa shape index (κ3) is 7.60. The number of nitrogens with zero attached hydrogens (tertiary/aromatic N) is 2. The first-order valence-corrected chi connectivity index (χ1v) is 23.5. The van der Waals surface area contributed by atoms with Crippen LogP contribution in [0, 0.1) is 24.7 Å². The van der Waals surface area contributed by atoms with Gasteiger partial charge in [0.25, 0.3) is 0 Å². The van der Waals surface area contributed by atoms with Gasteiger partial charge in [-0.05, 0) is 121 Å². The van der Waals surface area contributed by atoms with Crippen LogP contribution in [0.1, 0.15) is 151 Å². The molecule has 4 aliphatic rings. The molecule has 64 heavy (non-hydrogen) atoms. The van der Waals surface area contributed by atoms with Crippen LogP contribution in [0.4, 0.5) is 0 Å². The molecule has 0 saturated carbocycles. The molecule has 2 N–H and O–H groups in total. The first kappa shape index (κ1) is 44.1. The first-order valence-electron chi connectivity index (χ1n) is 23.5. The standard InChI is InChI=1S/C56H66N4O4/c1-13-35-31(5)49-47(39-21-17-19-23-41(39)53-61-27-55(9,10)28-62-53)50-33(7)37(15-3)45(59-50)26-46-38(16-4)34(8)52(60-46)48(51-32(6)36(14-2)44(58-51)25-43(35)57-49)40-22-18-20-24-42(40)54-63-29-56(11,12)30-64-54/h17-26,53-54,57,59H,13-16,27-30H2,1-12H3. The lowest BCUT2D eigenvalue weighted by Gasteiger charge is -2.35. The third-order valence-corrected chi connectivity index (χ3v) is 13.9. The van der Waals surface area contributed by atoms with Gasteiger partial charge in [0.15, 0.2) is 12.6 Å². The molecule has 334 valence electrons. The monoisotopic (exact) mass is 859 g/mol. The summed E-state index contributed by atoms with van der Waals surface area (Å²) in [6, 6.07) is 21.8. The minimum absolute atomic E-state index is 0.0550. The van der Waals surface area contributed by atoms with Crippen molar-refractivity contribution in [2.75, 3.05) is 26.4 Å². The summed E-state index contributed by atoms with van der Waals surface area (Å²) in [6.07, 6.45) is 2.37. The fourth-order valence-corrected chi connectivity index (χ4v) is 10.4. The van der Waals surface area contributed by atoms with Crippen molar-refractivity contribution < 1.29 is 18.9 Å². The Morgan fingerprint density at radius 2 is 0.906 bits per heavy atom. The van der Waals surface area contributed by atoms with Gasteiger partial charge >= 0.3 is 0 Å². The Morgan fingerprint density at radius 3 is 1.28 bits per heavy atom. The van der Waals surface area contributed by atoms with Gasteiger partial charge in [-0.2, -0.15) is 0 Å². The zero-order chi connectivity index (χ0) is 45.2. The minimum Gasteiger partial charge on any atom is -0.354 e. The summed E-state index contributed by atoms with van der Waals surface area (Å²) in [6.45, 7) is 29.2. The molecule has 2 fully saturated rings. The molecular formula is C56H66N4O4. The number of aromatic nitrogens is 4. The Bertz CT molecular complexity index is 2760. The Hall–Kier alpha value is -5.12. The summed E-state index contributed by atoms with van der Waals surface area (Å²) in [5.74, 6) is 0. The van der Waals surface area contributed by atoms with Crippen LogP contribution in [0.25, 0.3) is 66.6 Å². The molecular weight excluding hydrogens is 793 g/mol. The molecule has 8 bridgehead atoms. The largest absolute Gasteiger partial charge is 0.354 e. The van der Waals surface area contributed by atoms with E-state index < -0.39 is 12.6 Å². The highest BCUT2D eigenvalue weighted by molar-refractivity contribution is 6.04. The lowest BCUT2D eigenvalue weighted by Crippen LogP contribution is -2.34. The SMILES string of the molecule is CCC1=C(C)c2nc1cc1[nH]c(c(C)c1CC)c(-c1ccccc1C1OCC(C)(C)CO1)c1[nH]c(cc3nc(c2-c2ccccc2C2OCC(C)(C)CO2)C(C)=C3CC)c(CC)c1C. The van der Waals surface area contributed by atoms with Crippen LogP contribution in [0.2, 0.25) is 0 Å². The van der Waals surface area contributed by atoms with Crippen molar-refractivity contribution in [2.45, 2.75) is 121 Å². The van der Waals surface area contributed by atoms with E-state index in [9.17, 15) is 0 Å². The van der Waals surface area contributed by atoms with Crippen LogP contribution < -0.4 is 0 Å². The van der Waals surface area contributed by atoms with Gasteiger partial charge in [0.2, 0.25) is 0 Å². The van der Waals surface area contributed by atoms with Crippen LogP contribution in [-0.4, -0.2) is 46.4 Å². The molecule has 3 aromatic heterocycles. The number of rotatable bonds is 8. The highest BCUT2D eigenvalue weighted by Gasteiger charge is 2.34. The van der Waals surface area contributed by atoms with Crippen LogP contribution in [-0.2, 0) is 31.8 Å². The molecule has 0 unspecified atom stereocenters. The van der Waals surface area contributed by atoms with Crippen LogP contribution in [0.15, 0.2) is 60.7 Å². The van der Waals surface area contributed by atoms with Gasteiger partial charge in [0.05, 0.1) is 60.2 Å². The normalized spacial score (nSPS) is 18.1. The molecule has 0 atom stereocenters. The van der Waals surface area contributed by atoms with Gasteiger partial charge in [0.1, 0.15) is 0 Å². The molecule has 2 saturated heterocycles. The number of hydrogen-bond acceptors (Lipinski definition) is 6. The van der Waals surface area contributed by atoms with Crippen molar-refractivity contribution in [3.8, 4) is 22.3 Å². The van der Waals surface area contributed by atoms with E-state index in [1.54, 1.807) is 0 Å². The van der Waals surface area contributed by atoms with Crippen molar-refractivity contribution >= 4 is 44.4 Å². The Morgan fingerprint density at radius 1 is 0.531 bits per heavy atom. The van der Waals surface area contributed by atoms with Gasteiger partial charge in [-0.25, -0.2) is 9.97 Å². The minimum atomic E-state index is -0.505. The fraction of sp³-hybridized carbons (Fsp3) is 0.429. The zero-order valence-corrected chi connectivity index (χ0v) is 40.1. The molecule has 0 spiro atoms. The number of aryl methyl sites for hydroxylation is 4. The summed E-state index contributed by atoms with van der Waals surface area (Å²) in [4.78, 5) is 19.4. The van der Waals surface area contributed by atoms with Gasteiger partial charge in [0, 0.05) is 44.1 Å². The summed E-state index contributed by atoms with van der Waals surface area (Å²) in [5, 5.41) is 0. The molecule has 0 radical (unpaired) electrons. The van der Waals surface area contributed by atoms with Crippen molar-refractivity contribution in [3.63, 3.8) is 0 Å². The molecule has 8 nitrogen and oxygen atoms in total. The van der Waals surface area contributed by atoms with E-state index in [1.807, 2.05) is 0 Å². The van der Waals surface area contributed by atoms with Gasteiger partial charge in [-0.15, -0.1) is 0 Å². The Labute approximate surface area is 379 Å². The average molecular weight is 859 g/mol. The van der Waals surface area contributed by atoms with E-state index in [1.165, 1.54) is 33.4 Å². The highest BCUT2D eigenvalue weighted by Crippen LogP contribution is 2.47. The maximum Gasteiger partial charge on any atom is 0.184 e. The summed E-state index contributed by atoms with van der Waals surface area (Å²) in [7, 11) is 0. The van der Waals surface area contributed by atoms with Gasteiger partial charge in [-0.3, -0.25) is 0 Å². The topological polar surface area (TPSA) is 94.3 Å². The van der Waals surface area contributed by atoms with E-state index in [0.29, 0.717) is 26.4 Å². The van der Waals surface area contributed by atoms with E-state index in [2.05, 4.69) is 154 Å². The first-order chi connectivity index (χ1) is 30.7. The zero-order valence-electron chi connectivity index (χ0n) is 40.1. The highest BCUT2D eigenvalue weighted by atomic mass is 16.7. The second-order valence-electron chi connectivity index (χ2n) is 19.8. The molecule has 0 amide bonds. The number of H-pyrrole nitrogens is 2. The Kier molecular flexibility index (Phi) is 11.7. The number of hydrogen-bond donors (Lipinski definition) is 2. The molecule has 2 aromatic carbocycles. The second kappa shape index (κ2) is 17.0. The lowest BCUT2D eigenvalue weighted by molar-refractivity contribution is -0.226. The third-order valence-electron chi connectivity index (χ3n) is 13.9. The average Bonchev–Trinajstić information content (AvgIpc) is 3.97. The molecule has 9 rings (SSSR count). The predicted octanol–water partition coefficient (Wildman–Crippen LogP) is 14.2. The number of fused-ring (bicyclic) bond motifs is 8. The summed E-state index contributed by atoms with van der Waals surface area (Å²) >= 11 is 0. The number of benzene rings is 2. The van der Waals surface area contributed by atoms with Crippen molar-refractivity contribution in [2.24, 2.45) is 10.8 Å². The quantitative estimate of drug-likeness (QED) is 0.161. The van der Waals surface area contributed by atoms with Crippen LogP contribution in [0.5, 0.6) is 0 Å². The summed E-state index contributed by atoms with van der Waals surface area (Å²) < 4.78 is 26.1. The lowest BCUT2D eigenvalue weighted by atomic mass is 9.90.